The third-order valence-electron chi connectivity index (χ3n) is 3.24. The van der Waals surface area contributed by atoms with Crippen LogP contribution in [-0.2, 0) is 13.1 Å². The van der Waals surface area contributed by atoms with E-state index in [0.29, 0.717) is 0 Å². The number of para-hydroxylation sites is 1. The number of fused-ring (bicyclic) bond motifs is 1. The molecule has 20 heavy (non-hydrogen) atoms. The first-order valence-electron chi connectivity index (χ1n) is 6.62. The summed E-state index contributed by atoms with van der Waals surface area (Å²) in [6, 6.07) is 20.6. The lowest BCUT2D eigenvalue weighted by molar-refractivity contribution is 0.680. The maximum atomic E-state index is 4.65. The van der Waals surface area contributed by atoms with Gasteiger partial charge in [-0.15, -0.1) is 0 Å². The van der Waals surface area contributed by atoms with Gasteiger partial charge in [0.25, 0.3) is 0 Å². The molecule has 0 unspecified atom stereocenters. The Morgan fingerprint density at radius 1 is 0.850 bits per heavy atom. The largest absolute Gasteiger partial charge is 0.307 e. The number of nitrogens with zero attached hydrogens (tertiary/aromatic N) is 1. The van der Waals surface area contributed by atoms with Crippen molar-refractivity contribution < 1.29 is 0 Å². The minimum Gasteiger partial charge on any atom is -0.307 e. The molecule has 0 aliphatic carbocycles. The van der Waals surface area contributed by atoms with Gasteiger partial charge in [0.2, 0.25) is 0 Å². The zero-order valence-corrected chi connectivity index (χ0v) is 12.6. The molecule has 0 atom stereocenters. The van der Waals surface area contributed by atoms with E-state index in [1.165, 1.54) is 10.9 Å². The Bertz CT molecular complexity index is 725. The molecule has 0 radical (unpaired) electrons. The molecule has 0 amide bonds. The number of aromatic nitrogens is 1. The van der Waals surface area contributed by atoms with E-state index in [0.717, 1.165) is 28.8 Å². The first kappa shape index (κ1) is 13.3. The first-order valence-corrected chi connectivity index (χ1v) is 7.41. The average molecular weight is 327 g/mol. The maximum Gasteiger partial charge on any atom is 0.0705 e. The number of benzene rings is 2. The Morgan fingerprint density at radius 3 is 2.55 bits per heavy atom. The summed E-state index contributed by atoms with van der Waals surface area (Å²) in [5.74, 6) is 0. The van der Waals surface area contributed by atoms with Crippen LogP contribution >= 0.6 is 15.9 Å². The molecule has 2 aromatic carbocycles. The highest BCUT2D eigenvalue weighted by molar-refractivity contribution is 9.10. The predicted molar refractivity (Wildman–Crippen MR) is 86.4 cm³/mol. The van der Waals surface area contributed by atoms with Crippen molar-refractivity contribution in [2.45, 2.75) is 13.1 Å². The van der Waals surface area contributed by atoms with E-state index in [2.05, 4.69) is 62.6 Å². The summed E-state index contributed by atoms with van der Waals surface area (Å²) in [6.45, 7) is 1.60. The Labute approximate surface area is 127 Å². The van der Waals surface area contributed by atoms with Gasteiger partial charge in [0, 0.05) is 22.9 Å². The van der Waals surface area contributed by atoms with Gasteiger partial charge in [-0.25, -0.2) is 0 Å². The van der Waals surface area contributed by atoms with Gasteiger partial charge in [-0.3, -0.25) is 4.98 Å². The Balaban J connectivity index is 1.67. The van der Waals surface area contributed by atoms with Crippen molar-refractivity contribution in [1.82, 2.24) is 10.3 Å². The fraction of sp³-hybridized carbons (Fsp3) is 0.118. The molecule has 3 rings (SSSR count). The van der Waals surface area contributed by atoms with Crippen molar-refractivity contribution in [3.05, 3.63) is 76.4 Å². The molecular formula is C17H15BrN2. The second-order valence-corrected chi connectivity index (χ2v) is 5.54. The predicted octanol–water partition coefficient (Wildman–Crippen LogP) is 4.29. The van der Waals surface area contributed by atoms with Crippen LogP contribution < -0.4 is 5.32 Å². The van der Waals surface area contributed by atoms with Crippen LogP contribution in [0.3, 0.4) is 0 Å². The number of hydrogen-bond donors (Lipinski definition) is 1. The Morgan fingerprint density at radius 2 is 1.65 bits per heavy atom. The standard InChI is InChI=1S/C17H15BrN2/c18-16-7-3-1-6-14(16)11-19-12-15-10-9-13-5-2-4-8-17(13)20-15/h1-10,19H,11-12H2. The van der Waals surface area contributed by atoms with Crippen molar-refractivity contribution >= 4 is 26.8 Å². The van der Waals surface area contributed by atoms with Gasteiger partial charge in [0.15, 0.2) is 0 Å². The van der Waals surface area contributed by atoms with Crippen molar-refractivity contribution in [1.29, 1.82) is 0 Å². The number of halogens is 1. The zero-order chi connectivity index (χ0) is 13.8. The highest BCUT2D eigenvalue weighted by Crippen LogP contribution is 2.16. The monoisotopic (exact) mass is 326 g/mol. The minimum atomic E-state index is 0.770. The molecule has 0 aliphatic heterocycles. The van der Waals surface area contributed by atoms with Crippen LogP contribution in [0.5, 0.6) is 0 Å². The van der Waals surface area contributed by atoms with Gasteiger partial charge < -0.3 is 5.32 Å². The molecule has 0 saturated heterocycles. The summed E-state index contributed by atoms with van der Waals surface area (Å²) in [7, 11) is 0. The van der Waals surface area contributed by atoms with Crippen molar-refractivity contribution in [2.75, 3.05) is 0 Å². The SMILES string of the molecule is Brc1ccccc1CNCc1ccc2ccccc2n1. The smallest absolute Gasteiger partial charge is 0.0705 e. The van der Waals surface area contributed by atoms with Gasteiger partial charge in [-0.05, 0) is 23.8 Å². The third-order valence-corrected chi connectivity index (χ3v) is 4.01. The van der Waals surface area contributed by atoms with Gasteiger partial charge in [-0.1, -0.05) is 58.4 Å². The summed E-state index contributed by atoms with van der Waals surface area (Å²) in [5, 5.41) is 4.61. The van der Waals surface area contributed by atoms with E-state index in [4.69, 9.17) is 0 Å². The van der Waals surface area contributed by atoms with Crippen LogP contribution in [-0.4, -0.2) is 4.98 Å². The highest BCUT2D eigenvalue weighted by Gasteiger charge is 2.00. The van der Waals surface area contributed by atoms with Gasteiger partial charge >= 0.3 is 0 Å². The lowest BCUT2D eigenvalue weighted by Crippen LogP contribution is -2.13. The quantitative estimate of drug-likeness (QED) is 0.773. The lowest BCUT2D eigenvalue weighted by Gasteiger charge is -2.07. The van der Waals surface area contributed by atoms with E-state index < -0.39 is 0 Å². The molecule has 0 fully saturated rings. The summed E-state index contributed by atoms with van der Waals surface area (Å²) in [6.07, 6.45) is 0. The van der Waals surface area contributed by atoms with Crippen molar-refractivity contribution in [3.63, 3.8) is 0 Å². The summed E-state index contributed by atoms with van der Waals surface area (Å²) in [5.41, 5.74) is 3.37. The topological polar surface area (TPSA) is 24.9 Å². The molecule has 0 spiro atoms. The highest BCUT2D eigenvalue weighted by atomic mass is 79.9. The minimum absolute atomic E-state index is 0.770. The van der Waals surface area contributed by atoms with E-state index in [9.17, 15) is 0 Å². The zero-order valence-electron chi connectivity index (χ0n) is 11.0. The fourth-order valence-corrected chi connectivity index (χ4v) is 2.60. The van der Waals surface area contributed by atoms with Gasteiger partial charge in [0.1, 0.15) is 0 Å². The molecule has 1 heterocycles. The molecule has 1 aromatic heterocycles. The molecule has 100 valence electrons. The molecule has 0 bridgehead atoms. The van der Waals surface area contributed by atoms with Crippen LogP contribution in [0.1, 0.15) is 11.3 Å². The van der Waals surface area contributed by atoms with Gasteiger partial charge in [-0.2, -0.15) is 0 Å². The number of pyridine rings is 1. The molecule has 2 nitrogen and oxygen atoms in total. The molecule has 0 saturated carbocycles. The molecule has 0 aliphatic rings. The van der Waals surface area contributed by atoms with Crippen LogP contribution in [0.4, 0.5) is 0 Å². The first-order chi connectivity index (χ1) is 9.83. The molecular weight excluding hydrogens is 312 g/mol. The summed E-state index contributed by atoms with van der Waals surface area (Å²) in [4.78, 5) is 4.65. The van der Waals surface area contributed by atoms with E-state index >= 15 is 0 Å². The summed E-state index contributed by atoms with van der Waals surface area (Å²) < 4.78 is 1.14. The van der Waals surface area contributed by atoms with Gasteiger partial charge in [0.05, 0.1) is 11.2 Å². The van der Waals surface area contributed by atoms with Crippen LogP contribution in [0, 0.1) is 0 Å². The summed E-state index contributed by atoms with van der Waals surface area (Å²) >= 11 is 3.56. The van der Waals surface area contributed by atoms with Crippen LogP contribution in [0.25, 0.3) is 10.9 Å². The Kier molecular flexibility index (Phi) is 4.09. The fourth-order valence-electron chi connectivity index (χ4n) is 2.17. The van der Waals surface area contributed by atoms with E-state index in [1.54, 1.807) is 0 Å². The number of hydrogen-bond acceptors (Lipinski definition) is 2. The van der Waals surface area contributed by atoms with Crippen molar-refractivity contribution in [2.24, 2.45) is 0 Å². The van der Waals surface area contributed by atoms with E-state index in [-0.39, 0.29) is 0 Å². The average Bonchev–Trinajstić information content (AvgIpc) is 2.49. The Hall–Kier alpha value is -1.71. The second-order valence-electron chi connectivity index (χ2n) is 4.69. The molecule has 1 N–H and O–H groups in total. The number of rotatable bonds is 4. The van der Waals surface area contributed by atoms with Crippen LogP contribution in [0.2, 0.25) is 0 Å². The second kappa shape index (κ2) is 6.16. The normalized spacial score (nSPS) is 10.8. The number of nitrogens with one attached hydrogen (secondary N) is 1. The third kappa shape index (κ3) is 3.06. The molecule has 3 heteroatoms. The van der Waals surface area contributed by atoms with Crippen LogP contribution in [0.15, 0.2) is 65.1 Å². The van der Waals surface area contributed by atoms with E-state index in [1.807, 2.05) is 24.3 Å². The van der Waals surface area contributed by atoms with Crippen molar-refractivity contribution in [3.8, 4) is 0 Å². The molecule has 3 aromatic rings. The lowest BCUT2D eigenvalue weighted by atomic mass is 10.2. The maximum absolute atomic E-state index is 4.65.